The number of carbonyl (C=O) groups is 1. The number of carboxylic acids is 1. The molecule has 0 aliphatic heterocycles. The first-order valence-corrected chi connectivity index (χ1v) is 6.79. The van der Waals surface area contributed by atoms with E-state index in [-0.39, 0.29) is 10.5 Å². The molecule has 0 spiro atoms. The van der Waals surface area contributed by atoms with Crippen molar-refractivity contribution in [3.8, 4) is 0 Å². The fraction of sp³-hybridized carbons (Fsp3) is 0.364. The average Bonchev–Trinajstić information content (AvgIpc) is 2.16. The SMILES string of the molecule is CCCc1cc(S(C)(=O)=O)ccc1C(=O)[O-]. The van der Waals surface area contributed by atoms with E-state index in [0.29, 0.717) is 12.0 Å². The third kappa shape index (κ3) is 2.82. The number of benzene rings is 1. The van der Waals surface area contributed by atoms with Gasteiger partial charge in [0.2, 0.25) is 0 Å². The minimum atomic E-state index is -3.30. The molecule has 0 radical (unpaired) electrons. The Kier molecular flexibility index (Phi) is 3.70. The maximum atomic E-state index is 11.3. The molecule has 0 amide bonds. The van der Waals surface area contributed by atoms with Crippen LogP contribution in [-0.2, 0) is 16.3 Å². The van der Waals surface area contributed by atoms with Gasteiger partial charge in [0.1, 0.15) is 0 Å². The highest BCUT2D eigenvalue weighted by Gasteiger charge is 2.10. The third-order valence-electron chi connectivity index (χ3n) is 2.24. The Bertz CT molecular complexity index is 503. The van der Waals surface area contributed by atoms with E-state index in [0.717, 1.165) is 12.7 Å². The van der Waals surface area contributed by atoms with Crippen LogP contribution in [0.1, 0.15) is 29.3 Å². The Balaban J connectivity index is 3.33. The maximum Gasteiger partial charge on any atom is 0.175 e. The van der Waals surface area contributed by atoms with Crippen molar-refractivity contribution in [1.29, 1.82) is 0 Å². The van der Waals surface area contributed by atoms with Crippen LogP contribution in [0, 0.1) is 0 Å². The van der Waals surface area contributed by atoms with Crippen LogP contribution in [0.3, 0.4) is 0 Å². The van der Waals surface area contributed by atoms with Crippen molar-refractivity contribution in [3.05, 3.63) is 29.3 Å². The fourth-order valence-electron chi connectivity index (χ4n) is 1.48. The highest BCUT2D eigenvalue weighted by atomic mass is 32.2. The van der Waals surface area contributed by atoms with Gasteiger partial charge in [-0.1, -0.05) is 19.4 Å². The average molecular weight is 241 g/mol. The second-order valence-corrected chi connectivity index (χ2v) is 5.64. The van der Waals surface area contributed by atoms with Gasteiger partial charge in [-0.2, -0.15) is 0 Å². The minimum Gasteiger partial charge on any atom is -0.545 e. The van der Waals surface area contributed by atoms with Crippen LogP contribution >= 0.6 is 0 Å². The summed E-state index contributed by atoms with van der Waals surface area (Å²) in [5.74, 6) is -1.27. The van der Waals surface area contributed by atoms with Gasteiger partial charge in [0, 0.05) is 11.8 Å². The molecule has 0 saturated carbocycles. The topological polar surface area (TPSA) is 74.3 Å². The van der Waals surface area contributed by atoms with Gasteiger partial charge in [0.05, 0.1) is 10.9 Å². The van der Waals surface area contributed by atoms with E-state index < -0.39 is 15.8 Å². The third-order valence-corrected chi connectivity index (χ3v) is 3.35. The predicted molar refractivity (Wildman–Crippen MR) is 57.9 cm³/mol. The van der Waals surface area contributed by atoms with Gasteiger partial charge in [-0.15, -0.1) is 0 Å². The molecule has 0 atom stereocenters. The summed E-state index contributed by atoms with van der Waals surface area (Å²) in [5.41, 5.74) is 0.569. The van der Waals surface area contributed by atoms with Crippen molar-refractivity contribution in [2.75, 3.05) is 6.26 Å². The van der Waals surface area contributed by atoms with Gasteiger partial charge in [-0.25, -0.2) is 8.42 Å². The van der Waals surface area contributed by atoms with E-state index in [2.05, 4.69) is 0 Å². The van der Waals surface area contributed by atoms with E-state index in [9.17, 15) is 18.3 Å². The van der Waals surface area contributed by atoms with E-state index in [1.807, 2.05) is 6.92 Å². The zero-order valence-corrected chi connectivity index (χ0v) is 10.0. The van der Waals surface area contributed by atoms with E-state index in [1.165, 1.54) is 18.2 Å². The van der Waals surface area contributed by atoms with Crippen molar-refractivity contribution in [1.82, 2.24) is 0 Å². The lowest BCUT2D eigenvalue weighted by molar-refractivity contribution is -0.255. The number of aromatic carboxylic acids is 1. The van der Waals surface area contributed by atoms with Crippen LogP contribution in [0.15, 0.2) is 23.1 Å². The molecule has 1 aromatic carbocycles. The van der Waals surface area contributed by atoms with Crippen LogP contribution in [0.4, 0.5) is 0 Å². The van der Waals surface area contributed by atoms with Gasteiger partial charge >= 0.3 is 0 Å². The molecule has 4 nitrogen and oxygen atoms in total. The first-order valence-electron chi connectivity index (χ1n) is 4.90. The summed E-state index contributed by atoms with van der Waals surface area (Å²) < 4.78 is 22.6. The number of hydrogen-bond acceptors (Lipinski definition) is 4. The lowest BCUT2D eigenvalue weighted by atomic mass is 10.0. The highest BCUT2D eigenvalue weighted by Crippen LogP contribution is 2.17. The van der Waals surface area contributed by atoms with Crippen molar-refractivity contribution in [2.24, 2.45) is 0 Å². The molecule has 0 aliphatic carbocycles. The predicted octanol–water partition coefficient (Wildman–Crippen LogP) is 0.406. The number of hydrogen-bond donors (Lipinski definition) is 0. The van der Waals surface area contributed by atoms with Crippen LogP contribution in [0.25, 0.3) is 0 Å². The summed E-state index contributed by atoms with van der Waals surface area (Å²) in [5, 5.41) is 10.8. The van der Waals surface area contributed by atoms with E-state index >= 15 is 0 Å². The first-order chi connectivity index (χ1) is 7.36. The zero-order chi connectivity index (χ0) is 12.3. The lowest BCUT2D eigenvalue weighted by Crippen LogP contribution is -2.24. The summed E-state index contributed by atoms with van der Waals surface area (Å²) >= 11 is 0. The van der Waals surface area contributed by atoms with Crippen molar-refractivity contribution in [3.63, 3.8) is 0 Å². The fourth-order valence-corrected chi connectivity index (χ4v) is 2.15. The molecule has 0 fully saturated rings. The van der Waals surface area contributed by atoms with Gasteiger partial charge in [0.25, 0.3) is 0 Å². The molecule has 88 valence electrons. The molecule has 0 unspecified atom stereocenters. The van der Waals surface area contributed by atoms with Crippen molar-refractivity contribution >= 4 is 15.8 Å². The monoisotopic (exact) mass is 241 g/mol. The smallest absolute Gasteiger partial charge is 0.175 e. The number of aryl methyl sites for hydroxylation is 1. The highest BCUT2D eigenvalue weighted by molar-refractivity contribution is 7.90. The standard InChI is InChI=1S/C11H14O4S/c1-3-4-8-7-9(16(2,14)15)5-6-10(8)11(12)13/h5-7H,3-4H2,1-2H3,(H,12,13)/p-1. The summed E-state index contributed by atoms with van der Waals surface area (Å²) in [6.45, 7) is 1.90. The molecule has 5 heteroatoms. The van der Waals surface area contributed by atoms with Crippen molar-refractivity contribution in [2.45, 2.75) is 24.7 Å². The Labute approximate surface area is 94.8 Å². The minimum absolute atomic E-state index is 0.0641. The molecule has 0 aliphatic rings. The summed E-state index contributed by atoms with van der Waals surface area (Å²) in [4.78, 5) is 10.9. The Hall–Kier alpha value is -1.36. The molecule has 0 aromatic heterocycles. The maximum absolute atomic E-state index is 11.3. The van der Waals surface area contributed by atoms with Crippen molar-refractivity contribution < 1.29 is 18.3 Å². The van der Waals surface area contributed by atoms with Crippen LogP contribution in [-0.4, -0.2) is 20.6 Å². The molecule has 16 heavy (non-hydrogen) atoms. The summed E-state index contributed by atoms with van der Waals surface area (Å²) in [7, 11) is -3.30. The Morgan fingerprint density at radius 1 is 1.38 bits per heavy atom. The van der Waals surface area contributed by atoms with E-state index in [1.54, 1.807) is 0 Å². The van der Waals surface area contributed by atoms with Gasteiger partial charge in [-0.3, -0.25) is 0 Å². The molecule has 1 aromatic rings. The molecule has 1 rings (SSSR count). The van der Waals surface area contributed by atoms with Gasteiger partial charge in [0.15, 0.2) is 9.84 Å². The molecule has 0 heterocycles. The van der Waals surface area contributed by atoms with Crippen LogP contribution in [0.2, 0.25) is 0 Å². The Morgan fingerprint density at radius 3 is 2.44 bits per heavy atom. The molecule has 0 bridgehead atoms. The van der Waals surface area contributed by atoms with Crippen LogP contribution < -0.4 is 5.11 Å². The summed E-state index contributed by atoms with van der Waals surface area (Å²) in [6.07, 6.45) is 2.36. The molecular weight excluding hydrogens is 228 g/mol. The molecule has 0 N–H and O–H groups in total. The zero-order valence-electron chi connectivity index (χ0n) is 9.19. The summed E-state index contributed by atoms with van der Waals surface area (Å²) in [6, 6.07) is 3.99. The first kappa shape index (κ1) is 12.7. The molecule has 0 saturated heterocycles. The number of sulfone groups is 1. The normalized spacial score (nSPS) is 11.4. The second-order valence-electron chi connectivity index (χ2n) is 3.63. The molecular formula is C11H13O4S-. The number of carbonyl (C=O) groups excluding carboxylic acids is 1. The largest absolute Gasteiger partial charge is 0.545 e. The van der Waals surface area contributed by atoms with Gasteiger partial charge < -0.3 is 9.90 Å². The van der Waals surface area contributed by atoms with Crippen LogP contribution in [0.5, 0.6) is 0 Å². The van der Waals surface area contributed by atoms with Gasteiger partial charge in [-0.05, 0) is 24.1 Å². The van der Waals surface area contributed by atoms with E-state index in [4.69, 9.17) is 0 Å². The Morgan fingerprint density at radius 2 is 2.00 bits per heavy atom. The quantitative estimate of drug-likeness (QED) is 0.765. The lowest BCUT2D eigenvalue weighted by Gasteiger charge is -2.11. The number of carboxylic acid groups (broad SMARTS) is 1. The second kappa shape index (κ2) is 4.65. The number of rotatable bonds is 4.